The van der Waals surface area contributed by atoms with E-state index in [2.05, 4.69) is 9.05 Å². The highest BCUT2D eigenvalue weighted by molar-refractivity contribution is 7.46. The zero-order chi connectivity index (χ0) is 17.0. The van der Waals surface area contributed by atoms with E-state index < -0.39 is 17.7 Å². The normalized spacial score (nSPS) is 10.8. The molecule has 2 aromatic carbocycles. The second kappa shape index (κ2) is 6.42. The lowest BCUT2D eigenvalue weighted by molar-refractivity contribution is -0.385. The van der Waals surface area contributed by atoms with Crippen LogP contribution < -0.4 is 13.9 Å². The molecule has 0 aromatic heterocycles. The zero-order valence-electron chi connectivity index (χ0n) is 11.2. The SMILES string of the molecule is O=[N+]([O-])c1ccc(OP(=O)([O-])Oc2ccc([N+](=O)[O-])cc2)cc1. The fraction of sp³-hybridized carbons (Fsp3) is 0. The Morgan fingerprint density at radius 2 is 1.04 bits per heavy atom. The van der Waals surface area contributed by atoms with Gasteiger partial charge in [0.1, 0.15) is 11.5 Å². The number of nitro groups is 2. The minimum Gasteiger partial charge on any atom is -0.736 e. The largest absolute Gasteiger partial charge is 0.736 e. The van der Waals surface area contributed by atoms with Gasteiger partial charge < -0.3 is 13.9 Å². The molecule has 0 N–H and O–H groups in total. The van der Waals surface area contributed by atoms with Crippen molar-refractivity contribution in [2.75, 3.05) is 0 Å². The van der Waals surface area contributed by atoms with E-state index >= 15 is 0 Å². The van der Waals surface area contributed by atoms with Crippen LogP contribution in [0.15, 0.2) is 48.5 Å². The van der Waals surface area contributed by atoms with Crippen LogP contribution >= 0.6 is 7.82 Å². The van der Waals surface area contributed by atoms with E-state index in [0.29, 0.717) is 0 Å². The van der Waals surface area contributed by atoms with Gasteiger partial charge in [-0.3, -0.25) is 20.2 Å². The Kier molecular flexibility index (Phi) is 4.58. The quantitative estimate of drug-likeness (QED) is 0.443. The molecule has 0 fully saturated rings. The zero-order valence-corrected chi connectivity index (χ0v) is 12.1. The fourth-order valence-electron chi connectivity index (χ4n) is 1.53. The maximum Gasteiger partial charge on any atom is 0.372 e. The Bertz CT molecular complexity index is 711. The Hall–Kier alpha value is -2.97. The van der Waals surface area contributed by atoms with Crippen LogP contribution in [0.25, 0.3) is 0 Å². The number of phosphoric ester groups is 1. The highest BCUT2D eigenvalue weighted by Gasteiger charge is 2.15. The average Bonchev–Trinajstić information content (AvgIpc) is 2.47. The molecule has 0 bridgehead atoms. The van der Waals surface area contributed by atoms with Crippen LogP contribution in [0, 0.1) is 20.2 Å². The van der Waals surface area contributed by atoms with E-state index in [-0.39, 0.29) is 22.9 Å². The number of hydrogen-bond acceptors (Lipinski definition) is 8. The monoisotopic (exact) mass is 339 g/mol. The summed E-state index contributed by atoms with van der Waals surface area (Å²) in [5.41, 5.74) is -0.455. The predicted octanol–water partition coefficient (Wildman–Crippen LogP) is 2.43. The van der Waals surface area contributed by atoms with E-state index in [4.69, 9.17) is 0 Å². The van der Waals surface area contributed by atoms with E-state index in [1.807, 2.05) is 0 Å². The molecular formula is C12H8N2O8P-. The first kappa shape index (κ1) is 16.4. The van der Waals surface area contributed by atoms with Gasteiger partial charge in [0, 0.05) is 24.3 Å². The Balaban J connectivity index is 2.07. The maximum absolute atomic E-state index is 11.7. The minimum atomic E-state index is -4.80. The van der Waals surface area contributed by atoms with Crippen molar-refractivity contribution in [3.63, 3.8) is 0 Å². The van der Waals surface area contributed by atoms with Gasteiger partial charge in [0.05, 0.1) is 9.85 Å². The second-order valence-corrected chi connectivity index (χ2v) is 5.39. The molecule has 0 aliphatic heterocycles. The van der Waals surface area contributed by atoms with Gasteiger partial charge in [-0.15, -0.1) is 0 Å². The lowest BCUT2D eigenvalue weighted by Crippen LogP contribution is -2.13. The number of phosphoric acid groups is 1. The molecule has 11 heteroatoms. The van der Waals surface area contributed by atoms with Crippen LogP contribution in [0.3, 0.4) is 0 Å². The highest BCUT2D eigenvalue weighted by atomic mass is 31.2. The third kappa shape index (κ3) is 4.50. The molecule has 0 aliphatic carbocycles. The summed E-state index contributed by atoms with van der Waals surface area (Å²) in [7, 11) is -4.80. The minimum absolute atomic E-state index is 0.171. The smallest absolute Gasteiger partial charge is 0.372 e. The summed E-state index contributed by atoms with van der Waals surface area (Å²) in [6.07, 6.45) is 0. The fourth-order valence-corrected chi connectivity index (χ4v) is 2.33. The number of non-ortho nitro benzene ring substituents is 2. The van der Waals surface area contributed by atoms with Crippen LogP contribution in [-0.4, -0.2) is 9.85 Å². The standard InChI is InChI=1S/C12H9N2O8P/c15-13(16)9-1-5-11(6-2-9)21-23(19,20)22-12-7-3-10(4-8-12)14(17)18/h1-8H,(H,19,20)/p-1. The summed E-state index contributed by atoms with van der Waals surface area (Å²) in [6, 6.07) is 8.68. The second-order valence-electron chi connectivity index (χ2n) is 4.13. The topological polar surface area (TPSA) is 145 Å². The van der Waals surface area contributed by atoms with Gasteiger partial charge in [-0.2, -0.15) is 0 Å². The number of rotatable bonds is 6. The van der Waals surface area contributed by atoms with E-state index in [1.165, 1.54) is 0 Å². The molecule has 0 spiro atoms. The van der Waals surface area contributed by atoms with Gasteiger partial charge >= 0.3 is 7.82 Å². The number of benzene rings is 2. The van der Waals surface area contributed by atoms with Crippen LogP contribution in [-0.2, 0) is 4.57 Å². The summed E-state index contributed by atoms with van der Waals surface area (Å²) in [5.74, 6) is -0.341. The van der Waals surface area contributed by atoms with E-state index in [0.717, 1.165) is 48.5 Å². The van der Waals surface area contributed by atoms with Crippen LogP contribution in [0.1, 0.15) is 0 Å². The number of hydrogen-bond donors (Lipinski definition) is 0. The van der Waals surface area contributed by atoms with Crippen molar-refractivity contribution in [3.8, 4) is 11.5 Å². The molecule has 0 radical (unpaired) electrons. The number of nitrogens with zero attached hydrogens (tertiary/aromatic N) is 2. The maximum atomic E-state index is 11.7. The Labute approximate surface area is 128 Å². The summed E-state index contributed by atoms with van der Waals surface area (Å²) in [5, 5.41) is 21.0. The molecule has 23 heavy (non-hydrogen) atoms. The first-order valence-electron chi connectivity index (χ1n) is 5.96. The van der Waals surface area contributed by atoms with Gasteiger partial charge in [0.2, 0.25) is 0 Å². The molecule has 2 aromatic rings. The Morgan fingerprint density at radius 1 is 0.739 bits per heavy atom. The van der Waals surface area contributed by atoms with Crippen molar-refractivity contribution < 1.29 is 28.4 Å². The predicted molar refractivity (Wildman–Crippen MR) is 75.1 cm³/mol. The molecule has 2 rings (SSSR count). The number of nitro benzene ring substituents is 2. The molecule has 120 valence electrons. The lowest BCUT2D eigenvalue weighted by Gasteiger charge is -2.23. The molecule has 0 aliphatic rings. The molecule has 0 atom stereocenters. The molecule has 0 amide bonds. The molecular weight excluding hydrogens is 331 g/mol. The van der Waals surface area contributed by atoms with Crippen molar-refractivity contribution in [1.29, 1.82) is 0 Å². The lowest BCUT2D eigenvalue weighted by atomic mass is 10.3. The van der Waals surface area contributed by atoms with Gasteiger partial charge in [-0.25, -0.2) is 4.57 Å². The van der Waals surface area contributed by atoms with Gasteiger partial charge in [0.15, 0.2) is 0 Å². The van der Waals surface area contributed by atoms with E-state index in [9.17, 15) is 29.7 Å². The van der Waals surface area contributed by atoms with Gasteiger partial charge in [-0.1, -0.05) is 0 Å². The third-order valence-electron chi connectivity index (χ3n) is 2.53. The van der Waals surface area contributed by atoms with Gasteiger partial charge in [0.25, 0.3) is 11.4 Å². The molecule has 0 unspecified atom stereocenters. The van der Waals surface area contributed by atoms with Gasteiger partial charge in [-0.05, 0) is 24.3 Å². The van der Waals surface area contributed by atoms with Crippen LogP contribution in [0.4, 0.5) is 11.4 Å². The van der Waals surface area contributed by atoms with Crippen LogP contribution in [0.2, 0.25) is 0 Å². The van der Waals surface area contributed by atoms with Crippen molar-refractivity contribution in [1.82, 2.24) is 0 Å². The third-order valence-corrected chi connectivity index (χ3v) is 3.40. The van der Waals surface area contributed by atoms with Crippen LogP contribution in [0.5, 0.6) is 11.5 Å². The van der Waals surface area contributed by atoms with Crippen molar-refractivity contribution in [2.45, 2.75) is 0 Å². The average molecular weight is 339 g/mol. The van der Waals surface area contributed by atoms with Crippen molar-refractivity contribution in [2.24, 2.45) is 0 Å². The first-order valence-corrected chi connectivity index (χ1v) is 7.42. The van der Waals surface area contributed by atoms with Crippen molar-refractivity contribution >= 4 is 19.2 Å². The summed E-state index contributed by atoms with van der Waals surface area (Å²) in [4.78, 5) is 31.4. The summed E-state index contributed by atoms with van der Waals surface area (Å²) in [6.45, 7) is 0. The van der Waals surface area contributed by atoms with Crippen molar-refractivity contribution in [3.05, 3.63) is 68.8 Å². The first-order chi connectivity index (χ1) is 10.8. The highest BCUT2D eigenvalue weighted by Crippen LogP contribution is 2.41. The molecule has 0 heterocycles. The molecule has 10 nitrogen and oxygen atoms in total. The van der Waals surface area contributed by atoms with E-state index in [1.54, 1.807) is 0 Å². The Morgan fingerprint density at radius 3 is 1.30 bits per heavy atom. The molecule has 0 saturated heterocycles. The summed E-state index contributed by atoms with van der Waals surface area (Å²) < 4.78 is 21.0. The summed E-state index contributed by atoms with van der Waals surface area (Å²) >= 11 is 0. The molecule has 0 saturated carbocycles.